The Morgan fingerprint density at radius 1 is 1.33 bits per heavy atom. The van der Waals surface area contributed by atoms with Gasteiger partial charge in [-0.2, -0.15) is 0 Å². The lowest BCUT2D eigenvalue weighted by molar-refractivity contribution is -0.116. The van der Waals surface area contributed by atoms with Gasteiger partial charge >= 0.3 is 0 Å². The van der Waals surface area contributed by atoms with Crippen LogP contribution in [0.2, 0.25) is 0 Å². The van der Waals surface area contributed by atoms with Crippen molar-refractivity contribution in [3.05, 3.63) is 25.0 Å². The highest BCUT2D eigenvalue weighted by Crippen LogP contribution is 1.85. The second-order valence-electron chi connectivity index (χ2n) is 2.82. The molecule has 0 aliphatic carbocycles. The lowest BCUT2D eigenvalue weighted by Crippen LogP contribution is -2.23. The summed E-state index contributed by atoms with van der Waals surface area (Å²) in [6.07, 6.45) is 4.76. The van der Waals surface area contributed by atoms with E-state index >= 15 is 0 Å². The Bertz CT molecular complexity index is 204. The van der Waals surface area contributed by atoms with Gasteiger partial charge in [-0.1, -0.05) is 40.3 Å². The van der Waals surface area contributed by atoms with E-state index in [4.69, 9.17) is 4.74 Å². The molecule has 0 saturated heterocycles. The monoisotopic (exact) mass is 258 g/mol. The average molecular weight is 258 g/mol. The van der Waals surface area contributed by atoms with Crippen LogP contribution >= 0.6 is 0 Å². The third-order valence-electron chi connectivity index (χ3n) is 1.64. The van der Waals surface area contributed by atoms with Crippen molar-refractivity contribution >= 4 is 5.91 Å². The normalized spacial score (nSPS) is 8.83. The van der Waals surface area contributed by atoms with Crippen molar-refractivity contribution in [3.63, 3.8) is 0 Å². The number of likely N-dealkylation sites (N-methyl/N-ethyl adjacent to an activating group) is 2. The van der Waals surface area contributed by atoms with Gasteiger partial charge in [0.15, 0.2) is 0 Å². The number of carbonyl (C=O) groups excluding carboxylic acids is 1. The molecule has 4 heteroatoms. The Hall–Kier alpha value is -1.29. The highest BCUT2D eigenvalue weighted by molar-refractivity contribution is 5.87. The molecule has 0 radical (unpaired) electrons. The van der Waals surface area contributed by atoms with Crippen molar-refractivity contribution in [1.82, 2.24) is 10.2 Å². The van der Waals surface area contributed by atoms with Gasteiger partial charge in [-0.15, -0.1) is 0 Å². The predicted molar refractivity (Wildman–Crippen MR) is 79.5 cm³/mol. The topological polar surface area (TPSA) is 41.6 Å². The highest BCUT2D eigenvalue weighted by atomic mass is 16.5. The Morgan fingerprint density at radius 3 is 2.33 bits per heavy atom. The largest absolute Gasteiger partial charge is 0.500 e. The first-order valence-corrected chi connectivity index (χ1v) is 6.50. The molecule has 108 valence electrons. The maximum atomic E-state index is 10.8. The van der Waals surface area contributed by atoms with Crippen molar-refractivity contribution in [2.24, 2.45) is 0 Å². The van der Waals surface area contributed by atoms with E-state index < -0.39 is 0 Å². The van der Waals surface area contributed by atoms with Gasteiger partial charge in [0.25, 0.3) is 0 Å². The van der Waals surface area contributed by atoms with Crippen molar-refractivity contribution < 1.29 is 9.53 Å². The van der Waals surface area contributed by atoms with E-state index in [1.165, 1.54) is 12.3 Å². The summed E-state index contributed by atoms with van der Waals surface area (Å²) in [6.45, 7) is 13.6. The summed E-state index contributed by atoms with van der Waals surface area (Å²) in [4.78, 5) is 12.8. The number of nitrogens with one attached hydrogen (secondary N) is 1. The van der Waals surface area contributed by atoms with Gasteiger partial charge in [0, 0.05) is 26.2 Å². The van der Waals surface area contributed by atoms with Gasteiger partial charge in [0.1, 0.15) is 0 Å². The Kier molecular flexibility index (Phi) is 25.7. The molecule has 0 fully saturated rings. The van der Waals surface area contributed by atoms with Gasteiger partial charge in [-0.25, -0.2) is 0 Å². The van der Waals surface area contributed by atoms with Crippen molar-refractivity contribution in [2.45, 2.75) is 27.7 Å². The van der Waals surface area contributed by atoms with Crippen LogP contribution in [0.25, 0.3) is 0 Å². The molecule has 0 spiro atoms. The molecule has 0 aromatic carbocycles. The number of carbonyl (C=O) groups is 1. The third-order valence-corrected chi connectivity index (χ3v) is 1.64. The highest BCUT2D eigenvalue weighted by Gasteiger charge is 1.94. The smallest absolute Gasteiger partial charge is 0.243 e. The summed E-state index contributed by atoms with van der Waals surface area (Å²) in [5.41, 5.74) is 0. The standard InChI is InChI=1S/C10H18N2O2.2C2H6/c1-4-14-9-8-12(3)7-5-6-10(13)11-2;2*1-2/h4-6H,1,7-9H2,2-3H3,(H,11,13);2*1-2H3/b6-5+;;. The molecule has 0 aromatic heterocycles. The zero-order chi connectivity index (χ0) is 14.8. The summed E-state index contributed by atoms with van der Waals surface area (Å²) < 4.78 is 4.97. The molecule has 18 heavy (non-hydrogen) atoms. The number of hydrogen-bond acceptors (Lipinski definition) is 3. The third kappa shape index (κ3) is 20.2. The van der Waals surface area contributed by atoms with E-state index in [9.17, 15) is 4.79 Å². The first-order chi connectivity index (χ1) is 8.70. The first kappa shape index (κ1) is 21.9. The van der Waals surface area contributed by atoms with E-state index in [0.29, 0.717) is 6.61 Å². The number of hydrogen-bond donors (Lipinski definition) is 1. The second kappa shape index (κ2) is 21.0. The van der Waals surface area contributed by atoms with E-state index in [0.717, 1.165) is 13.1 Å². The van der Waals surface area contributed by atoms with E-state index in [1.807, 2.05) is 45.7 Å². The first-order valence-electron chi connectivity index (χ1n) is 6.50. The molecule has 0 rings (SSSR count). The molecule has 1 N–H and O–H groups in total. The molecule has 0 bridgehead atoms. The number of ether oxygens (including phenoxy) is 1. The summed E-state index contributed by atoms with van der Waals surface area (Å²) >= 11 is 0. The molecule has 0 aliphatic rings. The van der Waals surface area contributed by atoms with Crippen LogP contribution in [0.5, 0.6) is 0 Å². The van der Waals surface area contributed by atoms with Crippen LogP contribution in [-0.2, 0) is 9.53 Å². The van der Waals surface area contributed by atoms with Crippen LogP contribution in [0.4, 0.5) is 0 Å². The van der Waals surface area contributed by atoms with Gasteiger partial charge in [0.2, 0.25) is 5.91 Å². The zero-order valence-electron chi connectivity index (χ0n) is 12.8. The van der Waals surface area contributed by atoms with Gasteiger partial charge < -0.3 is 10.1 Å². The van der Waals surface area contributed by atoms with E-state index in [1.54, 1.807) is 7.05 Å². The molecule has 0 atom stereocenters. The Labute approximate surface area is 113 Å². The Balaban J connectivity index is -0.000000506. The predicted octanol–water partition coefficient (Wildman–Crippen LogP) is 2.43. The molecule has 1 amide bonds. The van der Waals surface area contributed by atoms with Gasteiger partial charge in [-0.05, 0) is 7.05 Å². The summed E-state index contributed by atoms with van der Waals surface area (Å²) in [6, 6.07) is 0. The molecule has 0 aliphatic heterocycles. The maximum absolute atomic E-state index is 10.8. The lowest BCUT2D eigenvalue weighted by Gasteiger charge is -2.13. The van der Waals surface area contributed by atoms with Crippen LogP contribution in [0.15, 0.2) is 25.0 Å². The molecular formula is C14H30N2O2. The summed E-state index contributed by atoms with van der Waals surface area (Å²) in [7, 11) is 3.56. The number of nitrogens with zero attached hydrogens (tertiary/aromatic N) is 1. The molecule has 0 unspecified atom stereocenters. The fourth-order valence-electron chi connectivity index (χ4n) is 0.806. The molecular weight excluding hydrogens is 228 g/mol. The van der Waals surface area contributed by atoms with Crippen LogP contribution < -0.4 is 5.32 Å². The van der Waals surface area contributed by atoms with Crippen molar-refractivity contribution in [3.8, 4) is 0 Å². The van der Waals surface area contributed by atoms with Crippen LogP contribution in [0.3, 0.4) is 0 Å². The maximum Gasteiger partial charge on any atom is 0.243 e. The fraction of sp³-hybridized carbons (Fsp3) is 0.643. The minimum absolute atomic E-state index is 0.0826. The van der Waals surface area contributed by atoms with Gasteiger partial charge in [0.05, 0.1) is 12.9 Å². The minimum atomic E-state index is -0.0826. The molecule has 0 saturated carbocycles. The average Bonchev–Trinajstić information content (AvgIpc) is 2.43. The SMILES string of the molecule is C=COCCN(C)C/C=C/C(=O)NC.CC.CC. The summed E-state index contributed by atoms with van der Waals surface area (Å²) in [5.74, 6) is -0.0826. The molecule has 0 heterocycles. The minimum Gasteiger partial charge on any atom is -0.500 e. The quantitative estimate of drug-likeness (QED) is 0.433. The van der Waals surface area contributed by atoms with E-state index in [2.05, 4.69) is 11.9 Å². The van der Waals surface area contributed by atoms with Crippen LogP contribution in [0, 0.1) is 0 Å². The number of rotatable bonds is 7. The van der Waals surface area contributed by atoms with E-state index in [-0.39, 0.29) is 5.91 Å². The van der Waals surface area contributed by atoms with Crippen molar-refractivity contribution in [2.75, 3.05) is 33.8 Å². The number of amides is 1. The fourth-order valence-corrected chi connectivity index (χ4v) is 0.806. The summed E-state index contributed by atoms with van der Waals surface area (Å²) in [5, 5.41) is 2.51. The van der Waals surface area contributed by atoms with Gasteiger partial charge in [-0.3, -0.25) is 9.69 Å². The van der Waals surface area contributed by atoms with Crippen LogP contribution in [-0.4, -0.2) is 44.6 Å². The lowest BCUT2D eigenvalue weighted by atomic mass is 10.4. The van der Waals surface area contributed by atoms with Crippen molar-refractivity contribution in [1.29, 1.82) is 0 Å². The molecule has 4 nitrogen and oxygen atoms in total. The second-order valence-corrected chi connectivity index (χ2v) is 2.82. The Morgan fingerprint density at radius 2 is 1.89 bits per heavy atom. The zero-order valence-corrected chi connectivity index (χ0v) is 12.8. The molecule has 0 aromatic rings. The van der Waals surface area contributed by atoms with Crippen LogP contribution in [0.1, 0.15) is 27.7 Å².